The topological polar surface area (TPSA) is 83.7 Å². The number of amides is 3. The van der Waals surface area contributed by atoms with Crippen LogP contribution >= 0.6 is 0 Å². The van der Waals surface area contributed by atoms with Crippen LogP contribution in [0.2, 0.25) is 0 Å². The number of benzene rings is 2. The van der Waals surface area contributed by atoms with Gasteiger partial charge < -0.3 is 10.6 Å². The van der Waals surface area contributed by atoms with E-state index < -0.39 is 11.9 Å². The third-order valence-corrected chi connectivity index (χ3v) is 5.49. The second-order valence-corrected chi connectivity index (χ2v) is 7.32. The van der Waals surface area contributed by atoms with E-state index in [-0.39, 0.29) is 17.7 Å². The number of nitrogens with two attached hydrogens (primary N) is 1. The van der Waals surface area contributed by atoms with Gasteiger partial charge in [-0.15, -0.1) is 0 Å². The lowest BCUT2D eigenvalue weighted by atomic mass is 9.79. The molecule has 6 nitrogen and oxygen atoms in total. The zero-order chi connectivity index (χ0) is 19.3. The summed E-state index contributed by atoms with van der Waals surface area (Å²) in [5.74, 6) is -0.898. The number of hydrogen-bond donors (Lipinski definition) is 1. The predicted octanol–water partition coefficient (Wildman–Crippen LogP) is 2.07. The van der Waals surface area contributed by atoms with Gasteiger partial charge in [-0.2, -0.15) is 0 Å². The molecule has 6 heteroatoms. The van der Waals surface area contributed by atoms with Crippen molar-refractivity contribution >= 4 is 23.4 Å². The van der Waals surface area contributed by atoms with E-state index in [1.54, 1.807) is 42.3 Å². The molecule has 2 atom stereocenters. The molecule has 0 bridgehead atoms. The Balaban J connectivity index is 1.88. The molecule has 2 aliphatic rings. The minimum Gasteiger partial charge on any atom is -0.368 e. The maximum Gasteiger partial charge on any atom is 0.259 e. The van der Waals surface area contributed by atoms with Gasteiger partial charge in [0.15, 0.2) is 0 Å². The van der Waals surface area contributed by atoms with Crippen LogP contribution in [-0.2, 0) is 4.79 Å². The molecule has 0 spiro atoms. The number of rotatable bonds is 2. The fourth-order valence-electron chi connectivity index (χ4n) is 4.15. The van der Waals surface area contributed by atoms with Crippen LogP contribution in [-0.4, -0.2) is 42.3 Å². The first-order chi connectivity index (χ1) is 12.9. The molecule has 0 saturated heterocycles. The fourth-order valence-corrected chi connectivity index (χ4v) is 4.15. The largest absolute Gasteiger partial charge is 0.368 e. The summed E-state index contributed by atoms with van der Waals surface area (Å²) < 4.78 is 0. The highest BCUT2D eigenvalue weighted by Gasteiger charge is 2.43. The molecule has 0 radical (unpaired) electrons. The molecule has 3 amide bonds. The van der Waals surface area contributed by atoms with Crippen molar-refractivity contribution in [1.29, 1.82) is 0 Å². The Bertz CT molecular complexity index is 952. The van der Waals surface area contributed by atoms with Crippen LogP contribution < -0.4 is 10.6 Å². The Hall–Kier alpha value is -3.15. The Morgan fingerprint density at radius 2 is 1.81 bits per heavy atom. The van der Waals surface area contributed by atoms with E-state index >= 15 is 0 Å². The standard InChI is InChI=1S/C21H21N3O3/c1-12-6-8-13(9-7-12)20(26)24-16-5-3-4-15-18(16)14(10-17(24)19(22)25)11-23(2)21(15)27/h3-9,14,17H,10-11H2,1-2H3,(H2,22,25)/t14-,17-/m0/s1. The number of anilines is 1. The number of aryl methyl sites for hydroxylation is 1. The minimum atomic E-state index is -0.742. The van der Waals surface area contributed by atoms with E-state index in [1.807, 2.05) is 19.1 Å². The maximum atomic E-state index is 13.3. The highest BCUT2D eigenvalue weighted by molar-refractivity contribution is 6.12. The lowest BCUT2D eigenvalue weighted by molar-refractivity contribution is -0.119. The van der Waals surface area contributed by atoms with E-state index in [0.717, 1.165) is 11.1 Å². The molecular formula is C21H21N3O3. The lowest BCUT2D eigenvalue weighted by Gasteiger charge is -2.43. The van der Waals surface area contributed by atoms with Crippen LogP contribution in [0.5, 0.6) is 0 Å². The first-order valence-corrected chi connectivity index (χ1v) is 8.96. The van der Waals surface area contributed by atoms with Gasteiger partial charge in [-0.05, 0) is 43.2 Å². The van der Waals surface area contributed by atoms with E-state index in [4.69, 9.17) is 5.73 Å². The molecule has 0 saturated carbocycles. The Labute approximate surface area is 157 Å². The number of primary amides is 1. The second-order valence-electron chi connectivity index (χ2n) is 7.32. The summed E-state index contributed by atoms with van der Waals surface area (Å²) in [6.07, 6.45) is 0.411. The number of likely N-dealkylation sites (N-methyl/N-ethyl adjacent to an activating group) is 1. The first-order valence-electron chi connectivity index (χ1n) is 8.96. The summed E-state index contributed by atoms with van der Waals surface area (Å²) in [5.41, 5.74) is 9.26. The molecule has 0 unspecified atom stereocenters. The van der Waals surface area contributed by atoms with Gasteiger partial charge in [0, 0.05) is 36.3 Å². The maximum absolute atomic E-state index is 13.3. The molecular weight excluding hydrogens is 342 g/mol. The van der Waals surface area contributed by atoms with Gasteiger partial charge >= 0.3 is 0 Å². The zero-order valence-electron chi connectivity index (χ0n) is 15.3. The van der Waals surface area contributed by atoms with Gasteiger partial charge in [0.2, 0.25) is 5.91 Å². The van der Waals surface area contributed by atoms with Crippen LogP contribution in [0.3, 0.4) is 0 Å². The molecule has 2 aliphatic heterocycles. The normalized spacial score (nSPS) is 21.0. The van der Waals surface area contributed by atoms with Crippen molar-refractivity contribution in [2.45, 2.75) is 25.3 Å². The Morgan fingerprint density at radius 3 is 2.48 bits per heavy atom. The van der Waals surface area contributed by atoms with Crippen LogP contribution in [0, 0.1) is 6.92 Å². The smallest absolute Gasteiger partial charge is 0.259 e. The van der Waals surface area contributed by atoms with Crippen molar-refractivity contribution in [2.24, 2.45) is 5.73 Å². The molecule has 2 aromatic carbocycles. The van der Waals surface area contributed by atoms with Gasteiger partial charge in [0.05, 0.1) is 0 Å². The zero-order valence-corrected chi connectivity index (χ0v) is 15.3. The van der Waals surface area contributed by atoms with E-state index in [1.165, 1.54) is 4.90 Å². The van der Waals surface area contributed by atoms with E-state index in [2.05, 4.69) is 0 Å². The van der Waals surface area contributed by atoms with Crippen molar-refractivity contribution in [3.63, 3.8) is 0 Å². The summed E-state index contributed by atoms with van der Waals surface area (Å²) in [6.45, 7) is 2.46. The quantitative estimate of drug-likeness (QED) is 0.886. The molecule has 27 heavy (non-hydrogen) atoms. The predicted molar refractivity (Wildman–Crippen MR) is 102 cm³/mol. The van der Waals surface area contributed by atoms with Crippen molar-refractivity contribution in [3.05, 3.63) is 64.7 Å². The molecule has 2 aromatic rings. The van der Waals surface area contributed by atoms with Crippen molar-refractivity contribution in [2.75, 3.05) is 18.5 Å². The summed E-state index contributed by atoms with van der Waals surface area (Å²) in [5, 5.41) is 0. The number of nitrogens with zero attached hydrogens (tertiary/aromatic N) is 2. The van der Waals surface area contributed by atoms with E-state index in [9.17, 15) is 14.4 Å². The SMILES string of the molecule is Cc1ccc(C(=O)N2c3cccc4c3[C@@H](C[C@H]2C(N)=O)CN(C)C4=O)cc1. The highest BCUT2D eigenvalue weighted by Crippen LogP contribution is 2.44. The average Bonchev–Trinajstić information content (AvgIpc) is 2.65. The molecule has 4 rings (SSSR count). The summed E-state index contributed by atoms with van der Waals surface area (Å²) in [6, 6.07) is 11.8. The van der Waals surface area contributed by atoms with Crippen LogP contribution in [0.4, 0.5) is 5.69 Å². The molecule has 0 aliphatic carbocycles. The third-order valence-electron chi connectivity index (χ3n) is 5.49. The monoisotopic (exact) mass is 363 g/mol. The van der Waals surface area contributed by atoms with Crippen molar-refractivity contribution in [3.8, 4) is 0 Å². The van der Waals surface area contributed by atoms with Crippen molar-refractivity contribution < 1.29 is 14.4 Å². The van der Waals surface area contributed by atoms with Gasteiger partial charge in [-0.3, -0.25) is 19.3 Å². The van der Waals surface area contributed by atoms with Crippen LogP contribution in [0.25, 0.3) is 0 Å². The number of carbonyl (C=O) groups excluding carboxylic acids is 3. The van der Waals surface area contributed by atoms with Gasteiger partial charge in [-0.25, -0.2) is 0 Å². The molecule has 2 heterocycles. The first kappa shape index (κ1) is 17.3. The average molecular weight is 363 g/mol. The second kappa shape index (κ2) is 6.23. The van der Waals surface area contributed by atoms with Gasteiger partial charge in [0.1, 0.15) is 6.04 Å². The Morgan fingerprint density at radius 1 is 1.11 bits per heavy atom. The van der Waals surface area contributed by atoms with Gasteiger partial charge in [0.25, 0.3) is 11.8 Å². The third kappa shape index (κ3) is 2.68. The summed E-state index contributed by atoms with van der Waals surface area (Å²) in [4.78, 5) is 41.2. The molecule has 0 fully saturated rings. The highest BCUT2D eigenvalue weighted by atomic mass is 16.2. The number of hydrogen-bond acceptors (Lipinski definition) is 3. The lowest BCUT2D eigenvalue weighted by Crippen LogP contribution is -2.54. The summed E-state index contributed by atoms with van der Waals surface area (Å²) in [7, 11) is 1.75. The summed E-state index contributed by atoms with van der Waals surface area (Å²) >= 11 is 0. The minimum absolute atomic E-state index is 0.0153. The fraction of sp³-hybridized carbons (Fsp3) is 0.286. The van der Waals surface area contributed by atoms with Gasteiger partial charge in [-0.1, -0.05) is 23.8 Å². The number of carbonyl (C=O) groups is 3. The molecule has 138 valence electrons. The molecule has 2 N–H and O–H groups in total. The molecule has 0 aromatic heterocycles. The van der Waals surface area contributed by atoms with Crippen molar-refractivity contribution in [1.82, 2.24) is 4.90 Å². The van der Waals surface area contributed by atoms with Crippen LogP contribution in [0.15, 0.2) is 42.5 Å². The Kier molecular flexibility index (Phi) is 3.98. The van der Waals surface area contributed by atoms with E-state index in [0.29, 0.717) is 29.8 Å². The van der Waals surface area contributed by atoms with Crippen LogP contribution in [0.1, 0.15) is 44.2 Å².